The first-order valence-electron chi connectivity index (χ1n) is 5.20. The Kier molecular flexibility index (Phi) is 3.42. The zero-order chi connectivity index (χ0) is 13.0. The molecule has 2 aromatic rings. The third-order valence-electron chi connectivity index (χ3n) is 2.14. The number of nitrogens with zero attached hydrogens (tertiary/aromatic N) is 3. The van der Waals surface area contributed by atoms with Crippen molar-refractivity contribution in [1.82, 2.24) is 15.0 Å². The van der Waals surface area contributed by atoms with Crippen molar-refractivity contribution in [2.24, 2.45) is 0 Å². The molecule has 1 aromatic heterocycles. The van der Waals surface area contributed by atoms with Crippen LogP contribution in [0, 0.1) is 0 Å². The fourth-order valence-electron chi connectivity index (χ4n) is 1.34. The number of nitrogen functional groups attached to an aromatic ring is 2. The molecule has 0 saturated carbocycles. The molecule has 0 aliphatic carbocycles. The Morgan fingerprint density at radius 1 is 0.944 bits per heavy atom. The molecule has 0 fully saturated rings. The van der Waals surface area contributed by atoms with Crippen LogP contribution in [0.15, 0.2) is 24.3 Å². The van der Waals surface area contributed by atoms with Gasteiger partial charge in [-0.15, -0.1) is 0 Å². The van der Waals surface area contributed by atoms with E-state index in [4.69, 9.17) is 20.9 Å². The molecule has 0 amide bonds. The summed E-state index contributed by atoms with van der Waals surface area (Å²) < 4.78 is 10.5. The van der Waals surface area contributed by atoms with Gasteiger partial charge in [0.1, 0.15) is 18.1 Å². The van der Waals surface area contributed by atoms with E-state index in [2.05, 4.69) is 15.0 Å². The highest BCUT2D eigenvalue weighted by molar-refractivity contribution is 5.31. The van der Waals surface area contributed by atoms with Gasteiger partial charge in [-0.3, -0.25) is 0 Å². The molecule has 0 radical (unpaired) electrons. The number of hydrogen-bond donors (Lipinski definition) is 2. The molecule has 0 saturated heterocycles. The zero-order valence-electron chi connectivity index (χ0n) is 9.83. The first-order chi connectivity index (χ1) is 8.67. The Balaban J connectivity index is 2.01. The smallest absolute Gasteiger partial charge is 0.225 e. The van der Waals surface area contributed by atoms with Crippen LogP contribution in [0.5, 0.6) is 11.5 Å². The molecule has 0 bridgehead atoms. The third kappa shape index (κ3) is 2.97. The Labute approximate surface area is 104 Å². The van der Waals surface area contributed by atoms with E-state index in [9.17, 15) is 0 Å². The maximum Gasteiger partial charge on any atom is 0.225 e. The normalized spacial score (nSPS) is 10.1. The molecule has 18 heavy (non-hydrogen) atoms. The molecule has 2 rings (SSSR count). The van der Waals surface area contributed by atoms with E-state index in [0.29, 0.717) is 11.6 Å². The van der Waals surface area contributed by atoms with Crippen LogP contribution >= 0.6 is 0 Å². The van der Waals surface area contributed by atoms with Crippen molar-refractivity contribution in [3.8, 4) is 11.5 Å². The van der Waals surface area contributed by atoms with E-state index >= 15 is 0 Å². The predicted octanol–water partition coefficient (Wildman–Crippen LogP) is 0.624. The van der Waals surface area contributed by atoms with Crippen LogP contribution in [0.3, 0.4) is 0 Å². The van der Waals surface area contributed by atoms with E-state index in [1.807, 2.05) is 0 Å². The molecule has 7 nitrogen and oxygen atoms in total. The lowest BCUT2D eigenvalue weighted by Crippen LogP contribution is -2.09. The number of nitrogens with two attached hydrogens (primary N) is 2. The molecular weight excluding hydrogens is 234 g/mol. The van der Waals surface area contributed by atoms with E-state index in [0.717, 1.165) is 5.75 Å². The number of anilines is 2. The van der Waals surface area contributed by atoms with Gasteiger partial charge in [-0.1, -0.05) is 0 Å². The topological polar surface area (TPSA) is 109 Å². The number of benzene rings is 1. The SMILES string of the molecule is COc1ccc(OCc2nc(N)nc(N)n2)cc1. The largest absolute Gasteiger partial charge is 0.497 e. The summed E-state index contributed by atoms with van der Waals surface area (Å²) in [6, 6.07) is 7.16. The van der Waals surface area contributed by atoms with Crippen LogP contribution in [-0.2, 0) is 6.61 Å². The summed E-state index contributed by atoms with van der Waals surface area (Å²) in [6.45, 7) is 0.170. The first-order valence-corrected chi connectivity index (χ1v) is 5.20. The second kappa shape index (κ2) is 5.17. The van der Waals surface area contributed by atoms with Gasteiger partial charge in [0, 0.05) is 0 Å². The number of ether oxygens (including phenoxy) is 2. The minimum absolute atomic E-state index is 0.0795. The molecule has 94 valence electrons. The van der Waals surface area contributed by atoms with Crippen molar-refractivity contribution < 1.29 is 9.47 Å². The van der Waals surface area contributed by atoms with E-state index < -0.39 is 0 Å². The first kappa shape index (κ1) is 11.9. The molecule has 0 unspecified atom stereocenters. The molecule has 1 heterocycles. The average molecular weight is 247 g/mol. The lowest BCUT2D eigenvalue weighted by Gasteiger charge is -2.06. The summed E-state index contributed by atoms with van der Waals surface area (Å²) in [5.41, 5.74) is 10.9. The fourth-order valence-corrected chi connectivity index (χ4v) is 1.34. The quantitative estimate of drug-likeness (QED) is 0.815. The summed E-state index contributed by atoms with van der Waals surface area (Å²) in [5.74, 6) is 1.98. The highest BCUT2D eigenvalue weighted by atomic mass is 16.5. The standard InChI is InChI=1S/C11H13N5O2/c1-17-7-2-4-8(5-3-7)18-6-9-14-10(12)16-11(13)15-9/h2-5H,6H2,1H3,(H4,12,13,14,15,16). The van der Waals surface area contributed by atoms with E-state index in [-0.39, 0.29) is 18.5 Å². The van der Waals surface area contributed by atoms with Gasteiger partial charge in [-0.05, 0) is 24.3 Å². The average Bonchev–Trinajstić information content (AvgIpc) is 2.36. The van der Waals surface area contributed by atoms with Crippen molar-refractivity contribution in [3.63, 3.8) is 0 Å². The summed E-state index contributed by atoms with van der Waals surface area (Å²) in [6.07, 6.45) is 0. The van der Waals surface area contributed by atoms with Crippen LogP contribution in [0.1, 0.15) is 5.82 Å². The molecule has 0 aliphatic rings. The number of hydrogen-bond acceptors (Lipinski definition) is 7. The summed E-state index contributed by atoms with van der Waals surface area (Å²) >= 11 is 0. The summed E-state index contributed by atoms with van der Waals surface area (Å²) in [4.78, 5) is 11.5. The number of aromatic nitrogens is 3. The Hall–Kier alpha value is -2.57. The molecule has 0 aliphatic heterocycles. The van der Waals surface area contributed by atoms with Crippen molar-refractivity contribution >= 4 is 11.9 Å². The molecule has 1 aromatic carbocycles. The minimum Gasteiger partial charge on any atom is -0.497 e. The fraction of sp³-hybridized carbons (Fsp3) is 0.182. The predicted molar refractivity (Wildman–Crippen MR) is 66.0 cm³/mol. The van der Waals surface area contributed by atoms with Gasteiger partial charge >= 0.3 is 0 Å². The second-order valence-corrected chi connectivity index (χ2v) is 3.43. The lowest BCUT2D eigenvalue weighted by molar-refractivity contribution is 0.295. The van der Waals surface area contributed by atoms with Crippen molar-refractivity contribution in [1.29, 1.82) is 0 Å². The molecule has 0 atom stereocenters. The van der Waals surface area contributed by atoms with Crippen LogP contribution in [-0.4, -0.2) is 22.1 Å². The van der Waals surface area contributed by atoms with Crippen LogP contribution < -0.4 is 20.9 Å². The van der Waals surface area contributed by atoms with E-state index in [1.165, 1.54) is 0 Å². The maximum absolute atomic E-state index is 5.48. The molecular formula is C11H13N5O2. The minimum atomic E-state index is 0.0795. The van der Waals surface area contributed by atoms with Crippen molar-refractivity contribution in [3.05, 3.63) is 30.1 Å². The van der Waals surface area contributed by atoms with Gasteiger partial charge in [0.2, 0.25) is 11.9 Å². The Morgan fingerprint density at radius 3 is 2.06 bits per heavy atom. The van der Waals surface area contributed by atoms with Crippen LogP contribution in [0.25, 0.3) is 0 Å². The van der Waals surface area contributed by atoms with Gasteiger partial charge < -0.3 is 20.9 Å². The molecule has 7 heteroatoms. The van der Waals surface area contributed by atoms with Crippen LogP contribution in [0.4, 0.5) is 11.9 Å². The summed E-state index contributed by atoms with van der Waals surface area (Å²) in [7, 11) is 1.60. The summed E-state index contributed by atoms with van der Waals surface area (Å²) in [5, 5.41) is 0. The highest BCUT2D eigenvalue weighted by Gasteiger charge is 2.03. The number of methoxy groups -OCH3 is 1. The third-order valence-corrected chi connectivity index (χ3v) is 2.14. The molecule has 4 N–H and O–H groups in total. The van der Waals surface area contributed by atoms with Crippen molar-refractivity contribution in [2.75, 3.05) is 18.6 Å². The van der Waals surface area contributed by atoms with Gasteiger partial charge in [0.05, 0.1) is 7.11 Å². The van der Waals surface area contributed by atoms with Gasteiger partial charge in [0.15, 0.2) is 5.82 Å². The monoisotopic (exact) mass is 247 g/mol. The Morgan fingerprint density at radius 2 is 1.50 bits per heavy atom. The maximum atomic E-state index is 5.48. The van der Waals surface area contributed by atoms with Gasteiger partial charge in [-0.2, -0.15) is 15.0 Å². The van der Waals surface area contributed by atoms with Gasteiger partial charge in [0.25, 0.3) is 0 Å². The zero-order valence-corrected chi connectivity index (χ0v) is 9.83. The lowest BCUT2D eigenvalue weighted by atomic mass is 10.3. The van der Waals surface area contributed by atoms with Crippen LogP contribution in [0.2, 0.25) is 0 Å². The number of rotatable bonds is 4. The Bertz CT molecular complexity index is 509. The van der Waals surface area contributed by atoms with Crippen molar-refractivity contribution in [2.45, 2.75) is 6.61 Å². The molecule has 0 spiro atoms. The second-order valence-electron chi connectivity index (χ2n) is 3.43. The van der Waals surface area contributed by atoms with Gasteiger partial charge in [-0.25, -0.2) is 0 Å². The highest BCUT2D eigenvalue weighted by Crippen LogP contribution is 2.17. The van der Waals surface area contributed by atoms with E-state index in [1.54, 1.807) is 31.4 Å².